The third kappa shape index (κ3) is 3.62. The van der Waals surface area contributed by atoms with E-state index >= 15 is 0 Å². The SMILES string of the molecule is O=C(CSc1ccccc1C(=O)[O-])c1ccc(Cl)cc1. The summed E-state index contributed by atoms with van der Waals surface area (Å²) in [6, 6.07) is 13.1. The molecule has 0 saturated heterocycles. The van der Waals surface area contributed by atoms with E-state index in [4.69, 9.17) is 11.6 Å². The molecule has 0 spiro atoms. The topological polar surface area (TPSA) is 57.2 Å². The predicted molar refractivity (Wildman–Crippen MR) is 77.3 cm³/mol. The van der Waals surface area contributed by atoms with Gasteiger partial charge in [-0.25, -0.2) is 0 Å². The third-order valence-electron chi connectivity index (χ3n) is 2.63. The number of aromatic carboxylic acids is 1. The highest BCUT2D eigenvalue weighted by Crippen LogP contribution is 2.23. The van der Waals surface area contributed by atoms with Crippen LogP contribution < -0.4 is 5.11 Å². The first kappa shape index (κ1) is 14.6. The van der Waals surface area contributed by atoms with Gasteiger partial charge in [-0.15, -0.1) is 11.8 Å². The lowest BCUT2D eigenvalue weighted by molar-refractivity contribution is -0.255. The van der Waals surface area contributed by atoms with Gasteiger partial charge in [0.15, 0.2) is 5.78 Å². The number of benzene rings is 2. The summed E-state index contributed by atoms with van der Waals surface area (Å²) in [5, 5.41) is 11.5. The van der Waals surface area contributed by atoms with E-state index in [-0.39, 0.29) is 17.1 Å². The van der Waals surface area contributed by atoms with Crippen LogP contribution in [0, 0.1) is 0 Å². The summed E-state index contributed by atoms with van der Waals surface area (Å²) in [6.45, 7) is 0. The normalized spacial score (nSPS) is 10.2. The standard InChI is InChI=1S/C15H11ClO3S/c16-11-7-5-10(6-8-11)13(17)9-20-14-4-2-1-3-12(14)15(18)19/h1-8H,9H2,(H,18,19)/p-1. The minimum atomic E-state index is -1.24. The molecule has 0 heterocycles. The molecule has 5 heteroatoms. The fourth-order valence-electron chi connectivity index (χ4n) is 1.62. The lowest BCUT2D eigenvalue weighted by Crippen LogP contribution is -2.23. The molecular formula is C15H10ClO3S-. The van der Waals surface area contributed by atoms with Crippen LogP contribution in [0.2, 0.25) is 5.02 Å². The molecule has 2 rings (SSSR count). The number of carbonyl (C=O) groups is 2. The van der Waals surface area contributed by atoms with Gasteiger partial charge in [0.1, 0.15) is 0 Å². The molecule has 2 aromatic rings. The summed E-state index contributed by atoms with van der Waals surface area (Å²) in [7, 11) is 0. The molecule has 102 valence electrons. The highest BCUT2D eigenvalue weighted by Gasteiger charge is 2.09. The molecule has 0 aromatic heterocycles. The molecule has 0 aliphatic heterocycles. The van der Waals surface area contributed by atoms with Gasteiger partial charge in [0.2, 0.25) is 0 Å². The van der Waals surface area contributed by atoms with Crippen LogP contribution >= 0.6 is 23.4 Å². The van der Waals surface area contributed by atoms with E-state index in [2.05, 4.69) is 0 Å². The van der Waals surface area contributed by atoms with Crippen molar-refractivity contribution >= 4 is 35.1 Å². The Kier molecular flexibility index (Phi) is 4.82. The first-order valence-electron chi connectivity index (χ1n) is 5.80. The Bertz CT molecular complexity index is 638. The van der Waals surface area contributed by atoms with Gasteiger partial charge in [0, 0.05) is 21.0 Å². The van der Waals surface area contributed by atoms with Gasteiger partial charge >= 0.3 is 0 Å². The summed E-state index contributed by atoms with van der Waals surface area (Å²) in [4.78, 5) is 23.5. The van der Waals surface area contributed by atoms with Crippen LogP contribution in [0.5, 0.6) is 0 Å². The quantitative estimate of drug-likeness (QED) is 0.629. The molecule has 0 bridgehead atoms. The van der Waals surface area contributed by atoms with Crippen molar-refractivity contribution in [3.05, 3.63) is 64.7 Å². The Morgan fingerprint density at radius 1 is 1.05 bits per heavy atom. The number of carboxylic acids is 1. The van der Waals surface area contributed by atoms with Crippen molar-refractivity contribution < 1.29 is 14.7 Å². The van der Waals surface area contributed by atoms with Gasteiger partial charge in [-0.3, -0.25) is 4.79 Å². The molecular weight excluding hydrogens is 296 g/mol. The number of hydrogen-bond donors (Lipinski definition) is 0. The summed E-state index contributed by atoms with van der Waals surface area (Å²) in [5.41, 5.74) is 0.647. The Morgan fingerprint density at radius 3 is 2.35 bits per heavy atom. The fourth-order valence-corrected chi connectivity index (χ4v) is 2.68. The van der Waals surface area contributed by atoms with E-state index in [1.807, 2.05) is 0 Å². The van der Waals surface area contributed by atoms with Crippen LogP contribution in [0.1, 0.15) is 20.7 Å². The molecule has 0 N–H and O–H groups in total. The zero-order valence-corrected chi connectivity index (χ0v) is 11.9. The van der Waals surface area contributed by atoms with Crippen LogP contribution in [0.25, 0.3) is 0 Å². The number of hydrogen-bond acceptors (Lipinski definition) is 4. The molecule has 0 aliphatic rings. The van der Waals surface area contributed by atoms with Crippen LogP contribution in [-0.2, 0) is 0 Å². The molecule has 3 nitrogen and oxygen atoms in total. The van der Waals surface area contributed by atoms with Crippen molar-refractivity contribution in [2.45, 2.75) is 4.90 Å². The van der Waals surface area contributed by atoms with Crippen LogP contribution in [0.4, 0.5) is 0 Å². The number of ketones is 1. The average Bonchev–Trinajstić information content (AvgIpc) is 2.45. The molecule has 0 fully saturated rings. The van der Waals surface area contributed by atoms with Crippen LogP contribution in [0.3, 0.4) is 0 Å². The summed E-state index contributed by atoms with van der Waals surface area (Å²) >= 11 is 6.94. The van der Waals surface area contributed by atoms with Crippen molar-refractivity contribution in [2.24, 2.45) is 0 Å². The van der Waals surface area contributed by atoms with Crippen molar-refractivity contribution in [2.75, 3.05) is 5.75 Å². The van der Waals surface area contributed by atoms with Crippen LogP contribution in [0.15, 0.2) is 53.4 Å². The first-order valence-corrected chi connectivity index (χ1v) is 7.16. The second-order valence-corrected chi connectivity index (χ2v) is 5.46. The maximum absolute atomic E-state index is 12.0. The van der Waals surface area contributed by atoms with Gasteiger partial charge in [-0.05, 0) is 30.3 Å². The van der Waals surface area contributed by atoms with E-state index in [0.717, 1.165) is 0 Å². The van der Waals surface area contributed by atoms with Crippen LogP contribution in [-0.4, -0.2) is 17.5 Å². The molecule has 2 aromatic carbocycles. The number of carboxylic acid groups (broad SMARTS) is 1. The first-order chi connectivity index (χ1) is 9.58. The van der Waals surface area contributed by atoms with E-state index in [1.165, 1.54) is 17.8 Å². The van der Waals surface area contributed by atoms with Gasteiger partial charge < -0.3 is 9.90 Å². The molecule has 0 aliphatic carbocycles. The Morgan fingerprint density at radius 2 is 1.70 bits per heavy atom. The largest absolute Gasteiger partial charge is 0.545 e. The Balaban J connectivity index is 2.07. The van der Waals surface area contributed by atoms with Crippen molar-refractivity contribution in [3.8, 4) is 0 Å². The van der Waals surface area contributed by atoms with Crippen molar-refractivity contribution in [3.63, 3.8) is 0 Å². The number of rotatable bonds is 5. The molecule has 0 amide bonds. The summed E-state index contributed by atoms with van der Waals surface area (Å²) in [6.07, 6.45) is 0. The minimum Gasteiger partial charge on any atom is -0.545 e. The Labute approximate surface area is 125 Å². The zero-order chi connectivity index (χ0) is 14.5. The number of thioether (sulfide) groups is 1. The minimum absolute atomic E-state index is 0.0835. The monoisotopic (exact) mass is 305 g/mol. The highest BCUT2D eigenvalue weighted by atomic mass is 35.5. The smallest absolute Gasteiger partial charge is 0.173 e. The van der Waals surface area contributed by atoms with Gasteiger partial charge in [-0.2, -0.15) is 0 Å². The number of Topliss-reactive ketones (excluding diaryl/α,β-unsaturated/α-hetero) is 1. The molecule has 20 heavy (non-hydrogen) atoms. The number of halogens is 1. The third-order valence-corrected chi connectivity index (χ3v) is 3.96. The van der Waals surface area contributed by atoms with Crippen molar-refractivity contribution in [1.29, 1.82) is 0 Å². The molecule has 0 atom stereocenters. The second kappa shape index (κ2) is 6.59. The fraction of sp³-hybridized carbons (Fsp3) is 0.0667. The van der Waals surface area contributed by atoms with Crippen molar-refractivity contribution in [1.82, 2.24) is 0 Å². The Hall–Kier alpha value is -1.78. The second-order valence-electron chi connectivity index (χ2n) is 4.00. The van der Waals surface area contributed by atoms with E-state index in [1.54, 1.807) is 42.5 Å². The summed E-state index contributed by atoms with van der Waals surface area (Å²) < 4.78 is 0. The lowest BCUT2D eigenvalue weighted by Gasteiger charge is -2.09. The molecule has 0 saturated carbocycles. The summed E-state index contributed by atoms with van der Waals surface area (Å²) in [5.74, 6) is -1.17. The highest BCUT2D eigenvalue weighted by molar-refractivity contribution is 8.00. The average molecular weight is 306 g/mol. The van der Waals surface area contributed by atoms with Gasteiger partial charge in [0.05, 0.1) is 11.7 Å². The van der Waals surface area contributed by atoms with Gasteiger partial charge in [0.25, 0.3) is 0 Å². The predicted octanol–water partition coefficient (Wildman–Crippen LogP) is 2.68. The van der Waals surface area contributed by atoms with E-state index in [9.17, 15) is 14.7 Å². The molecule has 0 unspecified atom stereocenters. The van der Waals surface area contributed by atoms with E-state index < -0.39 is 5.97 Å². The van der Waals surface area contributed by atoms with Gasteiger partial charge in [-0.1, -0.05) is 29.8 Å². The zero-order valence-electron chi connectivity index (χ0n) is 10.3. The maximum Gasteiger partial charge on any atom is 0.173 e. The van der Waals surface area contributed by atoms with E-state index in [0.29, 0.717) is 15.5 Å². The molecule has 0 radical (unpaired) electrons. The number of carbonyl (C=O) groups excluding carboxylic acids is 2. The maximum atomic E-state index is 12.0. The lowest BCUT2D eigenvalue weighted by atomic mass is 10.1.